The van der Waals surface area contributed by atoms with Gasteiger partial charge in [-0.25, -0.2) is 0 Å². The Morgan fingerprint density at radius 1 is 1.15 bits per heavy atom. The van der Waals surface area contributed by atoms with E-state index in [2.05, 4.69) is 5.32 Å². The highest BCUT2D eigenvalue weighted by atomic mass is 35.5. The van der Waals surface area contributed by atoms with Crippen molar-refractivity contribution in [3.63, 3.8) is 0 Å². The lowest BCUT2D eigenvalue weighted by atomic mass is 10.1. The molecule has 0 saturated heterocycles. The van der Waals surface area contributed by atoms with Crippen molar-refractivity contribution in [1.29, 1.82) is 0 Å². The van der Waals surface area contributed by atoms with E-state index >= 15 is 0 Å². The fraction of sp³-hybridized carbons (Fsp3) is 0.263. The molecule has 0 bridgehead atoms. The van der Waals surface area contributed by atoms with Crippen LogP contribution in [0.25, 0.3) is 0 Å². The average Bonchev–Trinajstić information content (AvgIpc) is 3.04. The second-order valence-electron chi connectivity index (χ2n) is 5.97. The summed E-state index contributed by atoms with van der Waals surface area (Å²) in [6.45, 7) is 3.81. The minimum Gasteiger partial charge on any atom is -0.454 e. The van der Waals surface area contributed by atoms with Crippen molar-refractivity contribution in [3.05, 3.63) is 47.0 Å². The van der Waals surface area contributed by atoms with Crippen LogP contribution in [0, 0.1) is 6.92 Å². The number of amides is 2. The van der Waals surface area contributed by atoms with E-state index in [4.69, 9.17) is 21.1 Å². The molecule has 0 aromatic heterocycles. The summed E-state index contributed by atoms with van der Waals surface area (Å²) in [6, 6.07) is 10.5. The van der Waals surface area contributed by atoms with Crippen LogP contribution in [0.2, 0.25) is 5.02 Å². The standard InChI is InChI=1S/C19H19ClN2O4/c1-12-9-14(20)3-5-16(12)22(13(2)23)8-7-19(24)21-15-4-6-17-18(10-15)26-11-25-17/h3-6,9-10H,7-8,11H2,1-2H3,(H,21,24). The number of aryl methyl sites for hydroxylation is 1. The predicted molar refractivity (Wildman–Crippen MR) is 100 cm³/mol. The molecule has 0 radical (unpaired) electrons. The lowest BCUT2D eigenvalue weighted by Crippen LogP contribution is -2.32. The lowest BCUT2D eigenvalue weighted by Gasteiger charge is -2.23. The van der Waals surface area contributed by atoms with Crippen molar-refractivity contribution in [3.8, 4) is 11.5 Å². The van der Waals surface area contributed by atoms with Crippen LogP contribution < -0.4 is 19.7 Å². The van der Waals surface area contributed by atoms with Gasteiger partial charge in [0, 0.05) is 42.4 Å². The third-order valence-corrected chi connectivity index (χ3v) is 4.28. The van der Waals surface area contributed by atoms with Crippen LogP contribution in [-0.4, -0.2) is 25.2 Å². The monoisotopic (exact) mass is 374 g/mol. The van der Waals surface area contributed by atoms with Gasteiger partial charge < -0.3 is 19.7 Å². The van der Waals surface area contributed by atoms with Gasteiger partial charge >= 0.3 is 0 Å². The van der Waals surface area contributed by atoms with Gasteiger partial charge in [-0.3, -0.25) is 9.59 Å². The Morgan fingerprint density at radius 3 is 2.65 bits per heavy atom. The molecule has 2 amide bonds. The normalized spacial score (nSPS) is 12.0. The first-order valence-corrected chi connectivity index (χ1v) is 8.55. The summed E-state index contributed by atoms with van der Waals surface area (Å²) in [5.41, 5.74) is 2.25. The zero-order chi connectivity index (χ0) is 18.7. The number of carbonyl (C=O) groups is 2. The van der Waals surface area contributed by atoms with Gasteiger partial charge in [0.05, 0.1) is 0 Å². The second kappa shape index (κ2) is 7.66. The van der Waals surface area contributed by atoms with Crippen LogP contribution in [0.4, 0.5) is 11.4 Å². The summed E-state index contributed by atoms with van der Waals surface area (Å²) in [7, 11) is 0. The molecule has 2 aromatic rings. The molecule has 6 nitrogen and oxygen atoms in total. The van der Waals surface area contributed by atoms with Crippen LogP contribution in [-0.2, 0) is 9.59 Å². The number of ether oxygens (including phenoxy) is 2. The van der Waals surface area contributed by atoms with E-state index in [-0.39, 0.29) is 31.6 Å². The minimum absolute atomic E-state index is 0.133. The number of rotatable bonds is 5. The molecule has 7 heteroatoms. The molecule has 1 N–H and O–H groups in total. The van der Waals surface area contributed by atoms with Crippen molar-refractivity contribution >= 4 is 34.8 Å². The molecule has 1 aliphatic rings. The number of nitrogens with zero attached hydrogens (tertiary/aromatic N) is 1. The van der Waals surface area contributed by atoms with E-state index < -0.39 is 0 Å². The van der Waals surface area contributed by atoms with Gasteiger partial charge in [0.1, 0.15) is 0 Å². The maximum Gasteiger partial charge on any atom is 0.231 e. The van der Waals surface area contributed by atoms with Crippen LogP contribution in [0.1, 0.15) is 18.9 Å². The van der Waals surface area contributed by atoms with Crippen molar-refractivity contribution < 1.29 is 19.1 Å². The molecule has 2 aromatic carbocycles. The highest BCUT2D eigenvalue weighted by Gasteiger charge is 2.17. The van der Waals surface area contributed by atoms with E-state index in [9.17, 15) is 9.59 Å². The predicted octanol–water partition coefficient (Wildman–Crippen LogP) is 3.76. The molecule has 0 saturated carbocycles. The largest absolute Gasteiger partial charge is 0.454 e. The highest BCUT2D eigenvalue weighted by Crippen LogP contribution is 2.34. The van der Waals surface area contributed by atoms with E-state index in [1.807, 2.05) is 6.92 Å². The fourth-order valence-corrected chi connectivity index (χ4v) is 3.01. The summed E-state index contributed by atoms with van der Waals surface area (Å²) in [5.74, 6) is 0.932. The van der Waals surface area contributed by atoms with Gasteiger partial charge in [-0.15, -0.1) is 0 Å². The van der Waals surface area contributed by atoms with E-state index in [0.29, 0.717) is 22.2 Å². The van der Waals surface area contributed by atoms with Gasteiger partial charge in [0.25, 0.3) is 0 Å². The quantitative estimate of drug-likeness (QED) is 0.865. The molecule has 136 valence electrons. The molecule has 1 aliphatic heterocycles. The van der Waals surface area contributed by atoms with E-state index in [0.717, 1.165) is 11.3 Å². The molecular formula is C19H19ClN2O4. The van der Waals surface area contributed by atoms with E-state index in [1.54, 1.807) is 41.3 Å². The Labute approximate surface area is 156 Å². The number of carbonyl (C=O) groups excluding carboxylic acids is 2. The molecule has 0 fully saturated rings. The summed E-state index contributed by atoms with van der Waals surface area (Å²) >= 11 is 5.97. The van der Waals surface area contributed by atoms with Crippen LogP contribution in [0.3, 0.4) is 0 Å². The van der Waals surface area contributed by atoms with Crippen molar-refractivity contribution in [2.24, 2.45) is 0 Å². The molecule has 0 unspecified atom stereocenters. The molecule has 0 aliphatic carbocycles. The van der Waals surface area contributed by atoms with E-state index in [1.165, 1.54) is 6.92 Å². The smallest absolute Gasteiger partial charge is 0.231 e. The maximum absolute atomic E-state index is 12.3. The minimum atomic E-state index is -0.193. The summed E-state index contributed by atoms with van der Waals surface area (Å²) in [6.07, 6.45) is 0.163. The zero-order valence-electron chi connectivity index (χ0n) is 14.5. The Morgan fingerprint density at radius 2 is 1.92 bits per heavy atom. The zero-order valence-corrected chi connectivity index (χ0v) is 15.3. The number of halogens is 1. The van der Waals surface area contributed by atoms with Crippen molar-refractivity contribution in [2.45, 2.75) is 20.3 Å². The first kappa shape index (κ1) is 18.1. The first-order valence-electron chi connectivity index (χ1n) is 8.18. The van der Waals surface area contributed by atoms with Gasteiger partial charge in [0.15, 0.2) is 11.5 Å². The van der Waals surface area contributed by atoms with Crippen LogP contribution in [0.15, 0.2) is 36.4 Å². The number of anilines is 2. The molecule has 3 rings (SSSR count). The molecule has 0 spiro atoms. The third-order valence-electron chi connectivity index (χ3n) is 4.05. The van der Waals surface area contributed by atoms with Crippen LogP contribution in [0.5, 0.6) is 11.5 Å². The Bertz CT molecular complexity index is 853. The second-order valence-corrected chi connectivity index (χ2v) is 6.40. The Balaban J connectivity index is 1.64. The number of nitrogens with one attached hydrogen (secondary N) is 1. The topological polar surface area (TPSA) is 67.9 Å². The third kappa shape index (κ3) is 4.08. The van der Waals surface area contributed by atoms with Gasteiger partial charge in [0.2, 0.25) is 18.6 Å². The molecular weight excluding hydrogens is 356 g/mol. The van der Waals surface area contributed by atoms with Gasteiger partial charge in [-0.2, -0.15) is 0 Å². The fourth-order valence-electron chi connectivity index (χ4n) is 2.78. The highest BCUT2D eigenvalue weighted by molar-refractivity contribution is 6.30. The number of fused-ring (bicyclic) bond motifs is 1. The van der Waals surface area contributed by atoms with Gasteiger partial charge in [-0.05, 0) is 42.8 Å². The van der Waals surface area contributed by atoms with Crippen molar-refractivity contribution in [1.82, 2.24) is 0 Å². The Kier molecular flexibility index (Phi) is 5.32. The van der Waals surface area contributed by atoms with Gasteiger partial charge in [-0.1, -0.05) is 11.6 Å². The Hall–Kier alpha value is -2.73. The number of hydrogen-bond donors (Lipinski definition) is 1. The summed E-state index contributed by atoms with van der Waals surface area (Å²) in [4.78, 5) is 25.9. The van der Waals surface area contributed by atoms with Crippen LogP contribution >= 0.6 is 11.6 Å². The number of benzene rings is 2. The SMILES string of the molecule is CC(=O)N(CCC(=O)Nc1ccc2c(c1)OCO2)c1ccc(Cl)cc1C. The summed E-state index contributed by atoms with van der Waals surface area (Å²) < 4.78 is 10.5. The maximum atomic E-state index is 12.3. The molecule has 26 heavy (non-hydrogen) atoms. The molecule has 0 atom stereocenters. The number of hydrogen-bond acceptors (Lipinski definition) is 4. The average molecular weight is 375 g/mol. The molecule has 1 heterocycles. The summed E-state index contributed by atoms with van der Waals surface area (Å²) in [5, 5.41) is 3.41. The first-order chi connectivity index (χ1) is 12.4. The lowest BCUT2D eigenvalue weighted by molar-refractivity contribution is -0.117. The van der Waals surface area contributed by atoms with Crippen molar-refractivity contribution in [2.75, 3.05) is 23.6 Å².